The van der Waals surface area contributed by atoms with Crippen molar-refractivity contribution in [2.24, 2.45) is 0 Å². The van der Waals surface area contributed by atoms with Gasteiger partial charge >= 0.3 is 5.97 Å². The molecule has 0 saturated carbocycles. The van der Waals surface area contributed by atoms with Crippen molar-refractivity contribution in [1.82, 2.24) is 0 Å². The minimum absolute atomic E-state index is 0.0499. The predicted octanol–water partition coefficient (Wildman–Crippen LogP) is 3.20. The van der Waals surface area contributed by atoms with Gasteiger partial charge in [-0.25, -0.2) is 4.79 Å². The molecule has 88 valence electrons. The summed E-state index contributed by atoms with van der Waals surface area (Å²) in [5.74, 6) is -1.29. The minimum Gasteiger partial charge on any atom is -0.507 e. The third kappa shape index (κ3) is 2.23. The van der Waals surface area contributed by atoms with E-state index in [-0.39, 0.29) is 11.3 Å². The molecule has 0 unspecified atom stereocenters. The van der Waals surface area contributed by atoms with Gasteiger partial charge in [0.25, 0.3) is 0 Å². The molecule has 17 heavy (non-hydrogen) atoms. The average Bonchev–Trinajstić information content (AvgIpc) is 2.28. The van der Waals surface area contributed by atoms with E-state index in [0.29, 0.717) is 0 Å². The molecular formula is C14H14O3. The molecule has 0 heterocycles. The number of aromatic hydroxyl groups is 1. The summed E-state index contributed by atoms with van der Waals surface area (Å²) in [7, 11) is 0. The zero-order chi connectivity index (χ0) is 12.4. The van der Waals surface area contributed by atoms with Crippen LogP contribution in [0.2, 0.25) is 0 Å². The van der Waals surface area contributed by atoms with Crippen LogP contribution in [-0.4, -0.2) is 16.2 Å². The van der Waals surface area contributed by atoms with Crippen molar-refractivity contribution < 1.29 is 15.0 Å². The van der Waals surface area contributed by atoms with Gasteiger partial charge in [-0.2, -0.15) is 0 Å². The highest BCUT2D eigenvalue weighted by Gasteiger charge is 2.10. The summed E-state index contributed by atoms with van der Waals surface area (Å²) >= 11 is 0. The van der Waals surface area contributed by atoms with Gasteiger partial charge in [0, 0.05) is 0 Å². The van der Waals surface area contributed by atoms with Crippen molar-refractivity contribution in [3.63, 3.8) is 0 Å². The third-order valence-corrected chi connectivity index (χ3v) is 2.79. The fourth-order valence-electron chi connectivity index (χ4n) is 1.95. The molecule has 0 amide bonds. The summed E-state index contributed by atoms with van der Waals surface area (Å²) < 4.78 is 0. The number of benzene rings is 2. The number of hydrogen-bond donors (Lipinski definition) is 2. The second-order valence-electron chi connectivity index (χ2n) is 4.11. The lowest BCUT2D eigenvalue weighted by Gasteiger charge is -2.05. The molecular weight excluding hydrogens is 216 g/mol. The highest BCUT2D eigenvalue weighted by atomic mass is 16.4. The molecule has 0 fully saturated rings. The van der Waals surface area contributed by atoms with Gasteiger partial charge in [-0.05, 0) is 34.9 Å². The molecule has 0 radical (unpaired) electrons. The molecule has 2 aromatic carbocycles. The van der Waals surface area contributed by atoms with Crippen LogP contribution in [0.3, 0.4) is 0 Å². The van der Waals surface area contributed by atoms with E-state index in [1.54, 1.807) is 0 Å². The van der Waals surface area contributed by atoms with E-state index < -0.39 is 5.97 Å². The van der Waals surface area contributed by atoms with Crippen LogP contribution in [0.4, 0.5) is 0 Å². The minimum atomic E-state index is -1.11. The summed E-state index contributed by atoms with van der Waals surface area (Å²) in [5.41, 5.74) is 1.13. The Morgan fingerprint density at radius 1 is 1.18 bits per heavy atom. The molecule has 0 atom stereocenters. The molecule has 0 spiro atoms. The van der Waals surface area contributed by atoms with E-state index in [9.17, 15) is 9.90 Å². The first-order chi connectivity index (χ1) is 8.11. The molecule has 0 aliphatic rings. The zero-order valence-corrected chi connectivity index (χ0v) is 9.60. The second-order valence-corrected chi connectivity index (χ2v) is 4.11. The number of hydrogen-bond acceptors (Lipinski definition) is 2. The lowest BCUT2D eigenvalue weighted by atomic mass is 10.0. The van der Waals surface area contributed by atoms with Gasteiger partial charge in [0.05, 0.1) is 0 Å². The van der Waals surface area contributed by atoms with E-state index in [1.165, 1.54) is 17.7 Å². The maximum Gasteiger partial charge on any atom is 0.339 e. The quantitative estimate of drug-likeness (QED) is 0.851. The number of aromatic carboxylic acids is 1. The number of aryl methyl sites for hydroxylation is 1. The molecule has 2 aromatic rings. The molecule has 0 aliphatic heterocycles. The van der Waals surface area contributed by atoms with Crippen molar-refractivity contribution in [2.75, 3.05) is 0 Å². The summed E-state index contributed by atoms with van der Waals surface area (Å²) in [4.78, 5) is 10.9. The molecule has 3 heteroatoms. The Kier molecular flexibility index (Phi) is 3.00. The normalized spacial score (nSPS) is 10.6. The van der Waals surface area contributed by atoms with Crippen molar-refractivity contribution >= 4 is 16.7 Å². The largest absolute Gasteiger partial charge is 0.507 e. The van der Waals surface area contributed by atoms with Gasteiger partial charge < -0.3 is 10.2 Å². The topological polar surface area (TPSA) is 57.5 Å². The Morgan fingerprint density at radius 2 is 1.94 bits per heavy atom. The number of rotatable bonds is 3. The van der Waals surface area contributed by atoms with Crippen LogP contribution in [0.5, 0.6) is 5.75 Å². The van der Waals surface area contributed by atoms with Gasteiger partial charge in [-0.1, -0.05) is 31.5 Å². The van der Waals surface area contributed by atoms with Crippen molar-refractivity contribution in [3.05, 3.63) is 41.5 Å². The van der Waals surface area contributed by atoms with Crippen LogP contribution in [-0.2, 0) is 6.42 Å². The average molecular weight is 230 g/mol. The van der Waals surface area contributed by atoms with Crippen molar-refractivity contribution in [1.29, 1.82) is 0 Å². The van der Waals surface area contributed by atoms with Gasteiger partial charge in [-0.3, -0.25) is 0 Å². The van der Waals surface area contributed by atoms with Crippen LogP contribution >= 0.6 is 0 Å². The first-order valence-electron chi connectivity index (χ1n) is 5.60. The number of carboxylic acid groups (broad SMARTS) is 1. The van der Waals surface area contributed by atoms with Crippen molar-refractivity contribution in [2.45, 2.75) is 19.8 Å². The second kappa shape index (κ2) is 4.45. The molecule has 0 saturated heterocycles. The Bertz CT molecular complexity index is 573. The standard InChI is InChI=1S/C14H14O3/c1-2-3-9-4-5-10-8-13(15)12(14(16)17)7-11(10)6-9/h4-8,15H,2-3H2,1H3,(H,16,17). The SMILES string of the molecule is CCCc1ccc2cc(O)c(C(=O)O)cc2c1. The van der Waals surface area contributed by atoms with E-state index in [0.717, 1.165) is 23.6 Å². The van der Waals surface area contributed by atoms with Crippen LogP contribution < -0.4 is 0 Å². The first kappa shape index (κ1) is 11.5. The lowest BCUT2D eigenvalue weighted by molar-refractivity contribution is 0.0694. The van der Waals surface area contributed by atoms with E-state index in [1.807, 2.05) is 18.2 Å². The molecule has 3 nitrogen and oxygen atoms in total. The highest BCUT2D eigenvalue weighted by Crippen LogP contribution is 2.26. The maximum absolute atomic E-state index is 10.9. The Morgan fingerprint density at radius 3 is 2.59 bits per heavy atom. The van der Waals surface area contributed by atoms with E-state index >= 15 is 0 Å². The molecule has 0 aliphatic carbocycles. The summed E-state index contributed by atoms with van der Waals surface area (Å²) in [6.07, 6.45) is 2.02. The van der Waals surface area contributed by atoms with Gasteiger partial charge in [-0.15, -0.1) is 0 Å². The van der Waals surface area contributed by atoms with E-state index in [2.05, 4.69) is 6.92 Å². The third-order valence-electron chi connectivity index (χ3n) is 2.79. The summed E-state index contributed by atoms with van der Waals surface area (Å²) in [5, 5.41) is 20.2. The fraction of sp³-hybridized carbons (Fsp3) is 0.214. The summed E-state index contributed by atoms with van der Waals surface area (Å²) in [6, 6.07) is 8.91. The Hall–Kier alpha value is -2.03. The van der Waals surface area contributed by atoms with Crippen molar-refractivity contribution in [3.8, 4) is 5.75 Å². The van der Waals surface area contributed by atoms with Gasteiger partial charge in [0.2, 0.25) is 0 Å². The van der Waals surface area contributed by atoms with Gasteiger partial charge in [0.1, 0.15) is 11.3 Å². The number of fused-ring (bicyclic) bond motifs is 1. The van der Waals surface area contributed by atoms with Crippen LogP contribution in [0, 0.1) is 0 Å². The zero-order valence-electron chi connectivity index (χ0n) is 9.60. The van der Waals surface area contributed by atoms with Crippen LogP contribution in [0.25, 0.3) is 10.8 Å². The summed E-state index contributed by atoms with van der Waals surface area (Å²) in [6.45, 7) is 2.10. The lowest BCUT2D eigenvalue weighted by Crippen LogP contribution is -1.96. The monoisotopic (exact) mass is 230 g/mol. The number of phenols is 1. The molecule has 0 bridgehead atoms. The Balaban J connectivity index is 2.59. The maximum atomic E-state index is 10.9. The van der Waals surface area contributed by atoms with Crippen LogP contribution in [0.1, 0.15) is 29.3 Å². The highest BCUT2D eigenvalue weighted by molar-refractivity contribution is 5.97. The smallest absolute Gasteiger partial charge is 0.339 e. The number of carboxylic acids is 1. The fourth-order valence-corrected chi connectivity index (χ4v) is 1.95. The molecule has 2 N–H and O–H groups in total. The van der Waals surface area contributed by atoms with Gasteiger partial charge in [0.15, 0.2) is 0 Å². The Labute approximate surface area is 99.3 Å². The predicted molar refractivity (Wildman–Crippen MR) is 66.6 cm³/mol. The first-order valence-corrected chi connectivity index (χ1v) is 5.60. The molecule has 0 aromatic heterocycles. The van der Waals surface area contributed by atoms with Crippen LogP contribution in [0.15, 0.2) is 30.3 Å². The number of carbonyl (C=O) groups is 1. The molecule has 2 rings (SSSR count). The van der Waals surface area contributed by atoms with E-state index in [4.69, 9.17) is 5.11 Å².